The number of hydrogen-bond acceptors (Lipinski definition) is 4. The van der Waals surface area contributed by atoms with Gasteiger partial charge in [0.2, 0.25) is 0 Å². The van der Waals surface area contributed by atoms with E-state index in [9.17, 15) is 21.0 Å². The Hall–Kier alpha value is -6.34. The average molecular weight is 539 g/mol. The Labute approximate surface area is 241 Å². The van der Waals surface area contributed by atoms with Gasteiger partial charge in [0.05, 0.1) is 21.4 Å². The SMILES string of the molecule is Cc1ccccc1-n1c(=C(C#N)C#N)c2ccccc2/c1=c1\c2ccccc2c(=C(C#N)C#N)n1-c1ccccc1C. The molecule has 6 heteroatoms. The van der Waals surface area contributed by atoms with Crippen LogP contribution in [0.1, 0.15) is 11.1 Å². The van der Waals surface area contributed by atoms with Crippen LogP contribution >= 0.6 is 0 Å². The largest absolute Gasteiger partial charge is 0.305 e. The molecule has 6 nitrogen and oxygen atoms in total. The van der Waals surface area contributed by atoms with Gasteiger partial charge in [0, 0.05) is 32.9 Å². The van der Waals surface area contributed by atoms with Gasteiger partial charge in [0.1, 0.15) is 24.3 Å². The molecule has 2 aromatic heterocycles. The third-order valence-corrected chi connectivity index (χ3v) is 7.63. The second kappa shape index (κ2) is 10.3. The Morgan fingerprint density at radius 2 is 0.762 bits per heavy atom. The summed E-state index contributed by atoms with van der Waals surface area (Å²) >= 11 is 0. The first-order valence-corrected chi connectivity index (χ1v) is 13.3. The van der Waals surface area contributed by atoms with Crippen molar-refractivity contribution in [1.29, 1.82) is 21.0 Å². The van der Waals surface area contributed by atoms with E-state index in [1.807, 2.05) is 120 Å². The molecular weight excluding hydrogens is 516 g/mol. The number of rotatable bonds is 2. The van der Waals surface area contributed by atoms with E-state index in [-0.39, 0.29) is 11.1 Å². The van der Waals surface area contributed by atoms with Gasteiger partial charge >= 0.3 is 0 Å². The number of fused-ring (bicyclic) bond motifs is 2. The van der Waals surface area contributed by atoms with Crippen LogP contribution in [0.4, 0.5) is 0 Å². The van der Waals surface area contributed by atoms with Gasteiger partial charge in [-0.2, -0.15) is 21.0 Å². The maximum atomic E-state index is 10.1. The molecule has 0 unspecified atom stereocenters. The molecule has 0 N–H and O–H groups in total. The molecule has 196 valence electrons. The van der Waals surface area contributed by atoms with Crippen molar-refractivity contribution in [2.45, 2.75) is 13.8 Å². The van der Waals surface area contributed by atoms with E-state index >= 15 is 0 Å². The Morgan fingerprint density at radius 1 is 0.452 bits per heavy atom. The van der Waals surface area contributed by atoms with E-state index < -0.39 is 0 Å². The molecule has 0 atom stereocenters. The Morgan fingerprint density at radius 3 is 1.10 bits per heavy atom. The smallest absolute Gasteiger partial charge is 0.154 e. The average Bonchev–Trinajstić information content (AvgIpc) is 3.52. The van der Waals surface area contributed by atoms with Gasteiger partial charge in [-0.3, -0.25) is 0 Å². The lowest BCUT2D eigenvalue weighted by Crippen LogP contribution is -2.21. The highest BCUT2D eigenvalue weighted by atomic mass is 15.0. The molecule has 2 heterocycles. The summed E-state index contributed by atoms with van der Waals surface area (Å²) in [6, 6.07) is 39.7. The molecule has 42 heavy (non-hydrogen) atoms. The van der Waals surface area contributed by atoms with Crippen LogP contribution in [0.5, 0.6) is 0 Å². The minimum absolute atomic E-state index is 0.0134. The number of aromatic nitrogens is 2. The lowest BCUT2D eigenvalue weighted by atomic mass is 10.1. The highest BCUT2D eigenvalue weighted by Gasteiger charge is 2.20. The molecule has 0 fully saturated rings. The number of aryl methyl sites for hydroxylation is 2. The molecule has 0 aliphatic carbocycles. The van der Waals surface area contributed by atoms with Crippen LogP contribution < -0.4 is 10.7 Å². The number of para-hydroxylation sites is 2. The van der Waals surface area contributed by atoms with Crippen molar-refractivity contribution in [1.82, 2.24) is 9.13 Å². The minimum Gasteiger partial charge on any atom is -0.305 e. The van der Waals surface area contributed by atoms with Crippen molar-refractivity contribution in [3.63, 3.8) is 0 Å². The first-order valence-electron chi connectivity index (χ1n) is 13.3. The summed E-state index contributed by atoms with van der Waals surface area (Å²) in [7, 11) is 0. The summed E-state index contributed by atoms with van der Waals surface area (Å²) in [5, 5.41) is 46.2. The second-order valence-electron chi connectivity index (χ2n) is 9.93. The molecule has 6 aromatic rings. The molecule has 0 aliphatic rings. The Balaban J connectivity index is 2.19. The van der Waals surface area contributed by atoms with Crippen molar-refractivity contribution in [3.8, 4) is 35.7 Å². The van der Waals surface area contributed by atoms with E-state index in [4.69, 9.17) is 0 Å². The van der Waals surface area contributed by atoms with E-state index in [1.165, 1.54) is 0 Å². The van der Waals surface area contributed by atoms with Gasteiger partial charge in [-0.25, -0.2) is 0 Å². The molecule has 6 rings (SSSR count). The van der Waals surface area contributed by atoms with Crippen LogP contribution in [0.2, 0.25) is 0 Å². The first-order chi connectivity index (χ1) is 20.5. The van der Waals surface area contributed by atoms with Crippen LogP contribution in [-0.2, 0) is 0 Å². The molecule has 0 spiro atoms. The summed E-state index contributed by atoms with van der Waals surface area (Å²) in [5.74, 6) is 0. The summed E-state index contributed by atoms with van der Waals surface area (Å²) in [6.45, 7) is 3.99. The number of benzene rings is 4. The second-order valence-corrected chi connectivity index (χ2v) is 9.93. The minimum atomic E-state index is -0.0134. The van der Waals surface area contributed by atoms with Crippen molar-refractivity contribution < 1.29 is 0 Å². The third-order valence-electron chi connectivity index (χ3n) is 7.63. The molecular formula is C36H22N6. The quantitative estimate of drug-likeness (QED) is 0.275. The Bertz CT molecular complexity index is 2270. The van der Waals surface area contributed by atoms with Crippen molar-refractivity contribution in [3.05, 3.63) is 130 Å². The van der Waals surface area contributed by atoms with E-state index in [1.54, 1.807) is 0 Å². The van der Waals surface area contributed by atoms with Crippen LogP contribution in [0.25, 0.3) is 44.1 Å². The fraction of sp³-hybridized carbons (Fsp3) is 0.0556. The first kappa shape index (κ1) is 25.9. The zero-order valence-electron chi connectivity index (χ0n) is 22.9. The normalized spacial score (nSPS) is 11.4. The highest BCUT2D eigenvalue weighted by molar-refractivity contribution is 5.93. The van der Waals surface area contributed by atoms with Gasteiger partial charge < -0.3 is 9.13 Å². The summed E-state index contributed by atoms with van der Waals surface area (Å²) < 4.78 is 3.97. The van der Waals surface area contributed by atoms with Crippen LogP contribution in [0.3, 0.4) is 0 Å². The topological polar surface area (TPSA) is 105 Å². The summed E-state index contributed by atoms with van der Waals surface area (Å²) in [6.07, 6.45) is 0. The van der Waals surface area contributed by atoms with Gasteiger partial charge in [0.25, 0.3) is 0 Å². The molecule has 0 bridgehead atoms. The van der Waals surface area contributed by atoms with Gasteiger partial charge in [0.15, 0.2) is 11.1 Å². The van der Waals surface area contributed by atoms with Crippen LogP contribution in [0, 0.1) is 69.9 Å². The molecule has 0 radical (unpaired) electrons. The summed E-state index contributed by atoms with van der Waals surface area (Å²) in [5.41, 5.74) is 3.51. The third kappa shape index (κ3) is 3.76. The molecule has 4 aromatic carbocycles. The van der Waals surface area contributed by atoms with Crippen LogP contribution in [-0.4, -0.2) is 9.13 Å². The zero-order valence-corrected chi connectivity index (χ0v) is 22.9. The molecule has 0 aliphatic heterocycles. The van der Waals surface area contributed by atoms with Crippen molar-refractivity contribution in [2.75, 3.05) is 0 Å². The monoisotopic (exact) mass is 538 g/mol. The van der Waals surface area contributed by atoms with E-state index in [2.05, 4.69) is 24.3 Å². The molecule has 0 saturated heterocycles. The fourth-order valence-corrected chi connectivity index (χ4v) is 5.83. The van der Waals surface area contributed by atoms with Gasteiger partial charge in [-0.1, -0.05) is 84.9 Å². The number of nitriles is 4. The Kier molecular flexibility index (Phi) is 6.37. The zero-order chi connectivity index (χ0) is 29.4. The number of hydrogen-bond donors (Lipinski definition) is 0. The van der Waals surface area contributed by atoms with Gasteiger partial charge in [-0.15, -0.1) is 0 Å². The fourth-order valence-electron chi connectivity index (χ4n) is 5.83. The van der Waals surface area contributed by atoms with Crippen molar-refractivity contribution >= 4 is 32.7 Å². The lowest BCUT2D eigenvalue weighted by Gasteiger charge is -2.12. The lowest BCUT2D eigenvalue weighted by molar-refractivity contribution is 0.929. The van der Waals surface area contributed by atoms with E-state index in [0.29, 0.717) is 10.7 Å². The predicted molar refractivity (Wildman–Crippen MR) is 162 cm³/mol. The maximum Gasteiger partial charge on any atom is 0.154 e. The molecule has 0 amide bonds. The highest BCUT2D eigenvalue weighted by Crippen LogP contribution is 2.26. The molecule has 0 saturated carbocycles. The van der Waals surface area contributed by atoms with E-state index in [0.717, 1.165) is 54.7 Å². The van der Waals surface area contributed by atoms with Gasteiger partial charge in [-0.05, 0) is 37.1 Å². The number of nitrogens with zero attached hydrogens (tertiary/aromatic N) is 6. The predicted octanol–water partition coefficient (Wildman–Crippen LogP) is 5.87. The van der Waals surface area contributed by atoms with Crippen LogP contribution in [0.15, 0.2) is 97.1 Å². The standard InChI is InChI=1S/C36H22N6/c1-23-11-3-9-17-31(23)41-33(25(19-37)20-38)27-13-5-7-15-29(27)35(41)36-30-16-8-6-14-28(30)34(26(21-39)22-40)42(36)32-18-10-4-12-24(32)2/h3-18H,1-2H3/b36-35-. The summed E-state index contributed by atoms with van der Waals surface area (Å²) in [4.78, 5) is 0. The van der Waals surface area contributed by atoms with Crippen molar-refractivity contribution in [2.24, 2.45) is 0 Å². The maximum absolute atomic E-state index is 10.1.